The highest BCUT2D eigenvalue weighted by Crippen LogP contribution is 2.29. The number of rotatable bonds is 6. The summed E-state index contributed by atoms with van der Waals surface area (Å²) in [5.41, 5.74) is 6.55. The standard InChI is InChI=1S/C15H19N3O3S/c1-4-8(2)5-13(19)18-15-17-11(7-22-15)10-6-12(14(16)20)21-9(10)3/h6-8H,4-5H2,1-3H3,(H2,16,20)(H,17,18,19)/t8-/m0/s1. The number of primary amides is 1. The Kier molecular flexibility index (Phi) is 4.97. The van der Waals surface area contributed by atoms with Crippen LogP contribution >= 0.6 is 11.3 Å². The molecule has 2 aromatic heterocycles. The van der Waals surface area contributed by atoms with Gasteiger partial charge in [-0.15, -0.1) is 11.3 Å². The van der Waals surface area contributed by atoms with Gasteiger partial charge in [0.2, 0.25) is 5.91 Å². The molecular weight excluding hydrogens is 302 g/mol. The maximum Gasteiger partial charge on any atom is 0.284 e. The second kappa shape index (κ2) is 6.74. The summed E-state index contributed by atoms with van der Waals surface area (Å²) in [5.74, 6) is 0.344. The van der Waals surface area contributed by atoms with Crippen LogP contribution in [0.2, 0.25) is 0 Å². The van der Waals surface area contributed by atoms with Crippen molar-refractivity contribution in [1.82, 2.24) is 4.98 Å². The first-order valence-electron chi connectivity index (χ1n) is 7.06. The van der Waals surface area contributed by atoms with Crippen LogP contribution in [0.15, 0.2) is 15.9 Å². The van der Waals surface area contributed by atoms with Crippen LogP contribution < -0.4 is 11.1 Å². The van der Waals surface area contributed by atoms with E-state index in [9.17, 15) is 9.59 Å². The zero-order chi connectivity index (χ0) is 16.3. The maximum atomic E-state index is 11.9. The lowest BCUT2D eigenvalue weighted by atomic mass is 10.1. The molecule has 2 amide bonds. The number of furan rings is 1. The normalized spacial score (nSPS) is 12.1. The van der Waals surface area contributed by atoms with E-state index in [2.05, 4.69) is 17.2 Å². The Balaban J connectivity index is 2.11. The van der Waals surface area contributed by atoms with Crippen molar-refractivity contribution in [2.24, 2.45) is 11.7 Å². The van der Waals surface area contributed by atoms with Gasteiger partial charge in [0.25, 0.3) is 5.91 Å². The van der Waals surface area contributed by atoms with E-state index in [0.29, 0.717) is 34.5 Å². The van der Waals surface area contributed by atoms with Gasteiger partial charge in [0.15, 0.2) is 10.9 Å². The minimum atomic E-state index is -0.619. The Labute approximate surface area is 132 Å². The van der Waals surface area contributed by atoms with Gasteiger partial charge in [-0.05, 0) is 18.9 Å². The first-order valence-corrected chi connectivity index (χ1v) is 7.94. The highest BCUT2D eigenvalue weighted by molar-refractivity contribution is 7.14. The number of nitrogens with zero attached hydrogens (tertiary/aromatic N) is 1. The number of aromatic nitrogens is 1. The fraction of sp³-hybridized carbons (Fsp3) is 0.400. The van der Waals surface area contributed by atoms with Crippen LogP contribution in [0.4, 0.5) is 5.13 Å². The Morgan fingerprint density at radius 1 is 1.50 bits per heavy atom. The molecule has 6 nitrogen and oxygen atoms in total. The number of nitrogens with one attached hydrogen (secondary N) is 1. The van der Waals surface area contributed by atoms with E-state index in [1.54, 1.807) is 13.0 Å². The topological polar surface area (TPSA) is 98.2 Å². The van der Waals surface area contributed by atoms with E-state index in [1.165, 1.54) is 11.3 Å². The molecule has 7 heteroatoms. The molecule has 0 bridgehead atoms. The molecular formula is C15H19N3O3S. The molecule has 3 N–H and O–H groups in total. The van der Waals surface area contributed by atoms with Gasteiger partial charge in [-0.1, -0.05) is 20.3 Å². The Hall–Kier alpha value is -2.15. The fourth-order valence-electron chi connectivity index (χ4n) is 1.94. The molecule has 0 saturated carbocycles. The molecule has 0 aliphatic heterocycles. The monoisotopic (exact) mass is 321 g/mol. The summed E-state index contributed by atoms with van der Waals surface area (Å²) in [6.45, 7) is 5.83. The number of carbonyl (C=O) groups excluding carboxylic acids is 2. The minimum absolute atomic E-state index is 0.0445. The van der Waals surface area contributed by atoms with Crippen LogP contribution in [0, 0.1) is 12.8 Å². The van der Waals surface area contributed by atoms with Crippen molar-refractivity contribution < 1.29 is 14.0 Å². The first-order chi connectivity index (χ1) is 10.4. The third-order valence-electron chi connectivity index (χ3n) is 3.42. The van der Waals surface area contributed by atoms with E-state index in [-0.39, 0.29) is 11.7 Å². The highest BCUT2D eigenvalue weighted by atomic mass is 32.1. The van der Waals surface area contributed by atoms with Gasteiger partial charge >= 0.3 is 0 Å². The van der Waals surface area contributed by atoms with Crippen molar-refractivity contribution in [3.63, 3.8) is 0 Å². The van der Waals surface area contributed by atoms with Gasteiger partial charge in [0.05, 0.1) is 5.69 Å². The van der Waals surface area contributed by atoms with Crippen LogP contribution in [0.25, 0.3) is 11.3 Å². The molecule has 0 unspecified atom stereocenters. The van der Waals surface area contributed by atoms with Crippen LogP contribution in [-0.4, -0.2) is 16.8 Å². The summed E-state index contributed by atoms with van der Waals surface area (Å²) in [6.07, 6.45) is 1.43. The Morgan fingerprint density at radius 3 is 2.82 bits per heavy atom. The smallest absolute Gasteiger partial charge is 0.284 e. The van der Waals surface area contributed by atoms with E-state index in [0.717, 1.165) is 6.42 Å². The summed E-state index contributed by atoms with van der Waals surface area (Å²) in [5, 5.41) is 5.13. The number of thiazole rings is 1. The lowest BCUT2D eigenvalue weighted by Crippen LogP contribution is -2.14. The molecule has 1 atom stereocenters. The van der Waals surface area contributed by atoms with Gasteiger partial charge < -0.3 is 15.5 Å². The second-order valence-corrected chi connectivity index (χ2v) is 6.11. The molecule has 0 spiro atoms. The molecule has 118 valence electrons. The highest BCUT2D eigenvalue weighted by Gasteiger charge is 2.16. The molecule has 0 fully saturated rings. The molecule has 0 aromatic carbocycles. The van der Waals surface area contributed by atoms with Crippen LogP contribution in [0.5, 0.6) is 0 Å². The number of anilines is 1. The van der Waals surface area contributed by atoms with E-state index in [4.69, 9.17) is 10.2 Å². The molecule has 0 radical (unpaired) electrons. The van der Waals surface area contributed by atoms with Crippen LogP contribution in [0.1, 0.15) is 43.0 Å². The molecule has 2 heterocycles. The molecule has 22 heavy (non-hydrogen) atoms. The lowest BCUT2D eigenvalue weighted by molar-refractivity contribution is -0.117. The number of aryl methyl sites for hydroxylation is 1. The van der Waals surface area contributed by atoms with Crippen molar-refractivity contribution in [3.8, 4) is 11.3 Å². The van der Waals surface area contributed by atoms with E-state index in [1.807, 2.05) is 12.3 Å². The SMILES string of the molecule is CC[C@H](C)CC(=O)Nc1nc(-c2cc(C(N)=O)oc2C)cs1. The van der Waals surface area contributed by atoms with E-state index >= 15 is 0 Å². The number of amides is 2. The van der Waals surface area contributed by atoms with Gasteiger partial charge in [0.1, 0.15) is 5.76 Å². The minimum Gasteiger partial charge on any atom is -0.456 e. The summed E-state index contributed by atoms with van der Waals surface area (Å²) >= 11 is 1.33. The Morgan fingerprint density at radius 2 is 2.23 bits per heavy atom. The van der Waals surface area contributed by atoms with Crippen molar-refractivity contribution in [1.29, 1.82) is 0 Å². The summed E-state index contributed by atoms with van der Waals surface area (Å²) in [6, 6.07) is 1.57. The third kappa shape index (κ3) is 3.73. The largest absolute Gasteiger partial charge is 0.456 e. The summed E-state index contributed by atoms with van der Waals surface area (Å²) in [4.78, 5) is 27.4. The van der Waals surface area contributed by atoms with Crippen molar-refractivity contribution >= 4 is 28.3 Å². The quantitative estimate of drug-likeness (QED) is 0.853. The van der Waals surface area contributed by atoms with Crippen molar-refractivity contribution in [3.05, 3.63) is 23.0 Å². The van der Waals surface area contributed by atoms with Crippen molar-refractivity contribution in [2.45, 2.75) is 33.6 Å². The molecule has 2 rings (SSSR count). The van der Waals surface area contributed by atoms with Crippen molar-refractivity contribution in [2.75, 3.05) is 5.32 Å². The average Bonchev–Trinajstić information content (AvgIpc) is 3.04. The summed E-state index contributed by atoms with van der Waals surface area (Å²) in [7, 11) is 0. The van der Waals surface area contributed by atoms with Gasteiger partial charge in [-0.2, -0.15) is 0 Å². The van der Waals surface area contributed by atoms with Gasteiger partial charge in [-0.25, -0.2) is 4.98 Å². The molecule has 2 aromatic rings. The number of nitrogens with two attached hydrogens (primary N) is 1. The third-order valence-corrected chi connectivity index (χ3v) is 4.18. The predicted octanol–water partition coefficient (Wildman–Crippen LogP) is 3.19. The zero-order valence-corrected chi connectivity index (χ0v) is 13.6. The maximum absolute atomic E-state index is 11.9. The Bertz CT molecular complexity index is 690. The lowest BCUT2D eigenvalue weighted by Gasteiger charge is -2.06. The van der Waals surface area contributed by atoms with Crippen LogP contribution in [0.3, 0.4) is 0 Å². The first kappa shape index (κ1) is 16.2. The molecule has 0 aliphatic carbocycles. The predicted molar refractivity (Wildman–Crippen MR) is 85.8 cm³/mol. The van der Waals surface area contributed by atoms with Gasteiger partial charge in [0, 0.05) is 17.4 Å². The molecule has 0 aliphatic rings. The van der Waals surface area contributed by atoms with E-state index < -0.39 is 5.91 Å². The average molecular weight is 321 g/mol. The van der Waals surface area contributed by atoms with Gasteiger partial charge in [-0.3, -0.25) is 9.59 Å². The summed E-state index contributed by atoms with van der Waals surface area (Å²) < 4.78 is 5.29. The number of hydrogen-bond acceptors (Lipinski definition) is 5. The fourth-order valence-corrected chi connectivity index (χ4v) is 2.67. The second-order valence-electron chi connectivity index (χ2n) is 5.25. The zero-order valence-electron chi connectivity index (χ0n) is 12.8. The number of hydrogen-bond donors (Lipinski definition) is 2. The number of carbonyl (C=O) groups is 2. The van der Waals surface area contributed by atoms with Crippen LogP contribution in [-0.2, 0) is 4.79 Å². The molecule has 0 saturated heterocycles.